The van der Waals surface area contributed by atoms with Gasteiger partial charge in [-0.15, -0.1) is 0 Å². The second-order valence-electron chi connectivity index (χ2n) is 7.15. The zero-order valence-electron chi connectivity index (χ0n) is 13.2. The van der Waals surface area contributed by atoms with E-state index in [1.165, 1.54) is 22.8 Å². The van der Waals surface area contributed by atoms with Crippen molar-refractivity contribution in [3.8, 4) is 0 Å². The Morgan fingerprint density at radius 2 is 1.71 bits per heavy atom. The lowest BCUT2D eigenvalue weighted by Gasteiger charge is -2.38. The van der Waals surface area contributed by atoms with Crippen molar-refractivity contribution in [2.24, 2.45) is 11.8 Å². The van der Waals surface area contributed by atoms with Gasteiger partial charge in [-0.1, -0.05) is 63.2 Å². The van der Waals surface area contributed by atoms with Crippen LogP contribution in [0, 0.1) is 11.8 Å². The van der Waals surface area contributed by atoms with E-state index < -0.39 is 0 Å². The van der Waals surface area contributed by atoms with E-state index in [9.17, 15) is 4.79 Å². The molecule has 0 spiro atoms. The van der Waals surface area contributed by atoms with Gasteiger partial charge in [0.2, 0.25) is 0 Å². The minimum Gasteiger partial charge on any atom is -0.299 e. The molecule has 3 rings (SSSR count). The molecular formula is C20H24O. The lowest BCUT2D eigenvalue weighted by molar-refractivity contribution is -0.128. The van der Waals surface area contributed by atoms with Crippen molar-refractivity contribution >= 4 is 16.6 Å². The molecule has 0 N–H and O–H groups in total. The quantitative estimate of drug-likeness (QED) is 0.746. The molecule has 0 amide bonds. The Bertz CT molecular complexity index is 663. The van der Waals surface area contributed by atoms with Crippen LogP contribution >= 0.6 is 0 Å². The highest BCUT2D eigenvalue weighted by molar-refractivity contribution is 5.89. The molecule has 0 radical (unpaired) electrons. The van der Waals surface area contributed by atoms with Crippen molar-refractivity contribution in [2.45, 2.75) is 45.4 Å². The summed E-state index contributed by atoms with van der Waals surface area (Å²) in [6, 6.07) is 15.0. The van der Waals surface area contributed by atoms with Crippen LogP contribution in [-0.2, 0) is 10.2 Å². The summed E-state index contributed by atoms with van der Waals surface area (Å²) < 4.78 is 0. The second-order valence-corrected chi connectivity index (χ2v) is 7.15. The SMILES string of the molecule is CC1CCC(C(C)(C)c2cccc3ccccc23)C(=O)C1. The van der Waals surface area contributed by atoms with Crippen LogP contribution in [0.15, 0.2) is 42.5 Å². The predicted molar refractivity (Wildman–Crippen MR) is 88.5 cm³/mol. The number of ketones is 1. The molecule has 2 aromatic rings. The van der Waals surface area contributed by atoms with Gasteiger partial charge in [0.1, 0.15) is 5.78 Å². The molecule has 2 atom stereocenters. The molecule has 1 aliphatic rings. The number of carbonyl (C=O) groups excluding carboxylic acids is 1. The van der Waals surface area contributed by atoms with E-state index in [0.29, 0.717) is 11.7 Å². The second kappa shape index (κ2) is 5.29. The van der Waals surface area contributed by atoms with Gasteiger partial charge in [0.15, 0.2) is 0 Å². The van der Waals surface area contributed by atoms with Crippen LogP contribution in [0.2, 0.25) is 0 Å². The standard InChI is InChI=1S/C20H24O/c1-14-11-12-18(19(21)13-14)20(2,3)17-10-6-8-15-7-4-5-9-16(15)17/h4-10,14,18H,11-13H2,1-3H3. The van der Waals surface area contributed by atoms with Gasteiger partial charge in [-0.3, -0.25) is 4.79 Å². The van der Waals surface area contributed by atoms with E-state index in [4.69, 9.17) is 0 Å². The third kappa shape index (κ3) is 2.50. The third-order valence-corrected chi connectivity index (χ3v) is 5.24. The summed E-state index contributed by atoms with van der Waals surface area (Å²) in [4.78, 5) is 12.6. The summed E-state index contributed by atoms with van der Waals surface area (Å²) in [5.74, 6) is 1.16. The van der Waals surface area contributed by atoms with E-state index in [-0.39, 0.29) is 11.3 Å². The summed E-state index contributed by atoms with van der Waals surface area (Å²) in [5.41, 5.74) is 1.21. The number of benzene rings is 2. The molecule has 1 fully saturated rings. The molecule has 1 heteroatoms. The van der Waals surface area contributed by atoms with Crippen molar-refractivity contribution in [3.05, 3.63) is 48.0 Å². The van der Waals surface area contributed by atoms with Gasteiger partial charge < -0.3 is 0 Å². The van der Waals surface area contributed by atoms with Gasteiger partial charge in [0.25, 0.3) is 0 Å². The molecule has 0 heterocycles. The average molecular weight is 280 g/mol. The van der Waals surface area contributed by atoms with E-state index in [1.807, 2.05) is 0 Å². The zero-order valence-corrected chi connectivity index (χ0v) is 13.2. The highest BCUT2D eigenvalue weighted by Crippen LogP contribution is 2.42. The molecule has 0 aromatic heterocycles. The number of carbonyl (C=O) groups is 1. The molecule has 0 aliphatic heterocycles. The Hall–Kier alpha value is -1.63. The van der Waals surface area contributed by atoms with Crippen molar-refractivity contribution in [3.63, 3.8) is 0 Å². The largest absolute Gasteiger partial charge is 0.299 e. The molecule has 21 heavy (non-hydrogen) atoms. The van der Waals surface area contributed by atoms with Gasteiger partial charge in [0.05, 0.1) is 0 Å². The van der Waals surface area contributed by atoms with E-state index in [2.05, 4.69) is 63.2 Å². The number of Topliss-reactive ketones (excluding diaryl/α,β-unsaturated/α-hetero) is 1. The number of fused-ring (bicyclic) bond motifs is 1. The summed E-state index contributed by atoms with van der Waals surface area (Å²) in [6.07, 6.45) is 2.94. The Balaban J connectivity index is 2.06. The molecule has 110 valence electrons. The van der Waals surface area contributed by atoms with Crippen molar-refractivity contribution in [2.75, 3.05) is 0 Å². The van der Waals surface area contributed by atoms with Crippen LogP contribution in [-0.4, -0.2) is 5.78 Å². The van der Waals surface area contributed by atoms with Crippen LogP contribution in [0.25, 0.3) is 10.8 Å². The van der Waals surface area contributed by atoms with E-state index >= 15 is 0 Å². The average Bonchev–Trinajstić information content (AvgIpc) is 2.46. The van der Waals surface area contributed by atoms with Gasteiger partial charge in [-0.05, 0) is 40.5 Å². The minimum atomic E-state index is -0.0991. The first kappa shape index (κ1) is 14.3. The molecule has 1 aliphatic carbocycles. The monoisotopic (exact) mass is 280 g/mol. The fourth-order valence-corrected chi connectivity index (χ4v) is 3.94. The first-order valence-corrected chi connectivity index (χ1v) is 8.01. The Morgan fingerprint density at radius 3 is 2.48 bits per heavy atom. The van der Waals surface area contributed by atoms with Crippen LogP contribution < -0.4 is 0 Å². The molecule has 1 saturated carbocycles. The highest BCUT2D eigenvalue weighted by atomic mass is 16.1. The Labute approximate surface area is 127 Å². The number of rotatable bonds is 2. The first-order valence-electron chi connectivity index (χ1n) is 8.01. The predicted octanol–water partition coefficient (Wildman–Crippen LogP) is 5.12. The number of hydrogen-bond donors (Lipinski definition) is 0. The maximum Gasteiger partial charge on any atom is 0.137 e. The zero-order chi connectivity index (χ0) is 15.0. The van der Waals surface area contributed by atoms with Crippen LogP contribution in [0.1, 0.15) is 45.6 Å². The fraction of sp³-hybridized carbons (Fsp3) is 0.450. The van der Waals surface area contributed by atoms with Crippen LogP contribution in [0.4, 0.5) is 0 Å². The summed E-state index contributed by atoms with van der Waals surface area (Å²) >= 11 is 0. The van der Waals surface area contributed by atoms with Gasteiger partial charge >= 0.3 is 0 Å². The van der Waals surface area contributed by atoms with E-state index in [0.717, 1.165) is 12.8 Å². The summed E-state index contributed by atoms with van der Waals surface area (Å²) in [7, 11) is 0. The Kier molecular flexibility index (Phi) is 3.61. The van der Waals surface area contributed by atoms with Crippen LogP contribution in [0.3, 0.4) is 0 Å². The smallest absolute Gasteiger partial charge is 0.137 e. The molecule has 0 saturated heterocycles. The maximum absolute atomic E-state index is 12.6. The molecule has 0 bridgehead atoms. The summed E-state index contributed by atoms with van der Waals surface area (Å²) in [5, 5.41) is 2.55. The molecule has 2 aromatic carbocycles. The molecular weight excluding hydrogens is 256 g/mol. The van der Waals surface area contributed by atoms with Crippen molar-refractivity contribution in [1.29, 1.82) is 0 Å². The molecule has 2 unspecified atom stereocenters. The third-order valence-electron chi connectivity index (χ3n) is 5.24. The Morgan fingerprint density at radius 1 is 1.00 bits per heavy atom. The topological polar surface area (TPSA) is 17.1 Å². The normalized spacial score (nSPS) is 23.5. The minimum absolute atomic E-state index is 0.0991. The maximum atomic E-state index is 12.6. The highest BCUT2D eigenvalue weighted by Gasteiger charge is 2.39. The van der Waals surface area contributed by atoms with Crippen molar-refractivity contribution < 1.29 is 4.79 Å². The van der Waals surface area contributed by atoms with Gasteiger partial charge in [-0.2, -0.15) is 0 Å². The first-order chi connectivity index (χ1) is 10.00. The van der Waals surface area contributed by atoms with E-state index in [1.54, 1.807) is 0 Å². The molecule has 1 nitrogen and oxygen atoms in total. The lowest BCUT2D eigenvalue weighted by atomic mass is 9.64. The number of hydrogen-bond acceptors (Lipinski definition) is 1. The fourth-order valence-electron chi connectivity index (χ4n) is 3.94. The van der Waals surface area contributed by atoms with Gasteiger partial charge in [0, 0.05) is 12.3 Å². The lowest BCUT2D eigenvalue weighted by Crippen LogP contribution is -2.38. The van der Waals surface area contributed by atoms with Crippen molar-refractivity contribution in [1.82, 2.24) is 0 Å². The van der Waals surface area contributed by atoms with Crippen LogP contribution in [0.5, 0.6) is 0 Å². The van der Waals surface area contributed by atoms with Gasteiger partial charge in [-0.25, -0.2) is 0 Å². The summed E-state index contributed by atoms with van der Waals surface area (Å²) in [6.45, 7) is 6.68.